The van der Waals surface area contributed by atoms with Crippen LogP contribution in [-0.2, 0) is 16.8 Å². The summed E-state index contributed by atoms with van der Waals surface area (Å²) >= 11 is 0. The molecule has 2 aromatic carbocycles. The minimum absolute atomic E-state index is 0.177. The van der Waals surface area contributed by atoms with Gasteiger partial charge in [0.05, 0.1) is 0 Å². The second kappa shape index (κ2) is 9.77. The fourth-order valence-corrected chi connectivity index (χ4v) is 7.57. The van der Waals surface area contributed by atoms with Gasteiger partial charge in [0.15, 0.2) is 5.82 Å². The molecule has 0 amide bonds. The third kappa shape index (κ3) is 4.79. The Kier molecular flexibility index (Phi) is 6.31. The maximum atomic E-state index is 11.2. The van der Waals surface area contributed by atoms with Gasteiger partial charge in [-0.25, -0.2) is 14.8 Å². The van der Waals surface area contributed by atoms with Gasteiger partial charge in [0.1, 0.15) is 12.4 Å². The molecular formula is C32H34N2O3. The van der Waals surface area contributed by atoms with Crippen molar-refractivity contribution in [2.45, 2.75) is 63.9 Å². The SMILES string of the molecule is CC/C(=C\C(=O)O)c1cnc(-c2ccc(OCc3ccccc3)c(C34CC5CC(CC(C5)C3)C4)c2)nc1. The van der Waals surface area contributed by atoms with Gasteiger partial charge in [-0.15, -0.1) is 0 Å². The fraction of sp³-hybridized carbons (Fsp3) is 0.406. The second-order valence-electron chi connectivity index (χ2n) is 11.3. The van der Waals surface area contributed by atoms with Crippen molar-refractivity contribution in [1.29, 1.82) is 0 Å². The zero-order chi connectivity index (χ0) is 25.4. The van der Waals surface area contributed by atoms with Crippen molar-refractivity contribution in [3.05, 3.63) is 83.7 Å². The standard InChI is InChI=1S/C32H34N2O3/c1-2-25(14-30(35)36)27-18-33-31(34-19-27)26-8-9-29(37-20-21-6-4-3-5-7-21)28(13-26)32-15-22-10-23(16-32)12-24(11-22)17-32/h3-9,13-14,18-19,22-24H,2,10-12,15-17,20H2,1H3,(H,35,36)/b25-14+. The third-order valence-corrected chi connectivity index (χ3v) is 8.79. The topological polar surface area (TPSA) is 72.3 Å². The number of rotatable bonds is 8. The van der Waals surface area contributed by atoms with E-state index in [0.717, 1.165) is 40.2 Å². The van der Waals surface area contributed by atoms with Crippen LogP contribution in [-0.4, -0.2) is 21.0 Å². The molecule has 1 aromatic heterocycles. The van der Waals surface area contributed by atoms with Crippen LogP contribution in [0.5, 0.6) is 5.75 Å². The first kappa shape index (κ1) is 23.9. The number of carbonyl (C=O) groups is 1. The van der Waals surface area contributed by atoms with Gasteiger partial charge in [0, 0.05) is 35.2 Å². The number of hydrogen-bond acceptors (Lipinski definition) is 4. The highest BCUT2D eigenvalue weighted by Crippen LogP contribution is 2.62. The van der Waals surface area contributed by atoms with Crippen LogP contribution in [0.15, 0.2) is 67.0 Å². The van der Waals surface area contributed by atoms with Crippen LogP contribution in [0.4, 0.5) is 0 Å². The Morgan fingerprint density at radius 2 is 1.65 bits per heavy atom. The van der Waals surface area contributed by atoms with E-state index in [0.29, 0.717) is 18.9 Å². The average molecular weight is 495 g/mol. The predicted molar refractivity (Wildman–Crippen MR) is 144 cm³/mol. The Morgan fingerprint density at radius 1 is 1.00 bits per heavy atom. The van der Waals surface area contributed by atoms with E-state index in [1.165, 1.54) is 55.7 Å². The third-order valence-electron chi connectivity index (χ3n) is 8.79. The first-order valence-electron chi connectivity index (χ1n) is 13.6. The van der Waals surface area contributed by atoms with E-state index in [2.05, 4.69) is 52.4 Å². The van der Waals surface area contributed by atoms with Crippen LogP contribution in [0.2, 0.25) is 0 Å². The van der Waals surface area contributed by atoms with Gasteiger partial charge in [-0.1, -0.05) is 37.3 Å². The molecule has 4 saturated carbocycles. The van der Waals surface area contributed by atoms with E-state index < -0.39 is 5.97 Å². The van der Waals surface area contributed by atoms with E-state index in [4.69, 9.17) is 9.84 Å². The largest absolute Gasteiger partial charge is 0.489 e. The molecule has 5 heteroatoms. The molecule has 0 saturated heterocycles. The lowest BCUT2D eigenvalue weighted by molar-refractivity contribution is -0.131. The maximum absolute atomic E-state index is 11.2. The average Bonchev–Trinajstić information content (AvgIpc) is 2.90. The van der Waals surface area contributed by atoms with E-state index in [-0.39, 0.29) is 5.41 Å². The van der Waals surface area contributed by atoms with E-state index in [1.807, 2.05) is 13.0 Å². The zero-order valence-electron chi connectivity index (χ0n) is 21.4. The van der Waals surface area contributed by atoms with E-state index in [1.54, 1.807) is 12.4 Å². The Balaban J connectivity index is 1.35. The molecule has 1 N–H and O–H groups in total. The van der Waals surface area contributed by atoms with Gasteiger partial charge in [0.25, 0.3) is 0 Å². The molecule has 1 heterocycles. The van der Waals surface area contributed by atoms with Gasteiger partial charge in [-0.2, -0.15) is 0 Å². The molecule has 7 rings (SSSR count). The Hall–Kier alpha value is -3.47. The summed E-state index contributed by atoms with van der Waals surface area (Å²) in [6, 6.07) is 16.8. The molecule has 4 fully saturated rings. The Morgan fingerprint density at radius 3 is 2.24 bits per heavy atom. The van der Waals surface area contributed by atoms with Crippen molar-refractivity contribution >= 4 is 11.5 Å². The Bertz CT molecular complexity index is 1280. The van der Waals surface area contributed by atoms with Gasteiger partial charge in [-0.05, 0) is 97.5 Å². The first-order chi connectivity index (χ1) is 18.0. The summed E-state index contributed by atoms with van der Waals surface area (Å²) in [5, 5.41) is 9.17. The summed E-state index contributed by atoms with van der Waals surface area (Å²) in [6.07, 6.45) is 13.3. The molecule has 4 aliphatic carbocycles. The normalized spacial score (nSPS) is 26.3. The monoisotopic (exact) mass is 494 g/mol. The number of aliphatic carboxylic acids is 1. The molecule has 3 aromatic rings. The van der Waals surface area contributed by atoms with Gasteiger partial charge >= 0.3 is 5.97 Å². The van der Waals surface area contributed by atoms with Gasteiger partial charge in [-0.3, -0.25) is 0 Å². The number of aromatic nitrogens is 2. The number of carboxylic acid groups (broad SMARTS) is 1. The van der Waals surface area contributed by atoms with Crippen molar-refractivity contribution in [1.82, 2.24) is 9.97 Å². The highest BCUT2D eigenvalue weighted by Gasteiger charge is 2.52. The molecule has 5 nitrogen and oxygen atoms in total. The molecule has 190 valence electrons. The summed E-state index contributed by atoms with van der Waals surface area (Å²) in [4.78, 5) is 20.5. The van der Waals surface area contributed by atoms with Crippen molar-refractivity contribution in [3.8, 4) is 17.1 Å². The fourth-order valence-electron chi connectivity index (χ4n) is 7.57. The molecule has 4 bridgehead atoms. The Labute approximate surface area is 218 Å². The molecule has 0 spiro atoms. The molecule has 0 atom stereocenters. The zero-order valence-corrected chi connectivity index (χ0v) is 21.4. The van der Waals surface area contributed by atoms with Crippen LogP contribution in [0.1, 0.15) is 68.6 Å². The second-order valence-corrected chi connectivity index (χ2v) is 11.3. The van der Waals surface area contributed by atoms with Crippen LogP contribution >= 0.6 is 0 Å². The number of ether oxygens (including phenoxy) is 1. The van der Waals surface area contributed by atoms with E-state index >= 15 is 0 Å². The quantitative estimate of drug-likeness (QED) is 0.339. The number of benzene rings is 2. The number of nitrogens with zero attached hydrogens (tertiary/aromatic N) is 2. The lowest BCUT2D eigenvalue weighted by Crippen LogP contribution is -2.48. The highest BCUT2D eigenvalue weighted by molar-refractivity contribution is 5.89. The molecule has 0 aliphatic heterocycles. The lowest BCUT2D eigenvalue weighted by Gasteiger charge is -2.57. The summed E-state index contributed by atoms with van der Waals surface area (Å²) in [5.74, 6) is 3.20. The summed E-state index contributed by atoms with van der Waals surface area (Å²) in [6.45, 7) is 2.50. The van der Waals surface area contributed by atoms with Crippen molar-refractivity contribution in [2.24, 2.45) is 17.8 Å². The van der Waals surface area contributed by atoms with Crippen LogP contribution in [0.3, 0.4) is 0 Å². The summed E-state index contributed by atoms with van der Waals surface area (Å²) in [7, 11) is 0. The van der Waals surface area contributed by atoms with Crippen LogP contribution in [0.25, 0.3) is 17.0 Å². The molecule has 0 radical (unpaired) electrons. The highest BCUT2D eigenvalue weighted by atomic mass is 16.5. The van der Waals surface area contributed by atoms with Gasteiger partial charge in [0.2, 0.25) is 0 Å². The van der Waals surface area contributed by atoms with Crippen molar-refractivity contribution in [2.75, 3.05) is 0 Å². The van der Waals surface area contributed by atoms with Crippen LogP contribution in [0, 0.1) is 17.8 Å². The molecule has 37 heavy (non-hydrogen) atoms. The van der Waals surface area contributed by atoms with Crippen molar-refractivity contribution < 1.29 is 14.6 Å². The number of carboxylic acids is 1. The lowest BCUT2D eigenvalue weighted by atomic mass is 9.48. The van der Waals surface area contributed by atoms with E-state index in [9.17, 15) is 4.79 Å². The maximum Gasteiger partial charge on any atom is 0.328 e. The minimum atomic E-state index is -0.952. The molecule has 0 unspecified atom stereocenters. The van der Waals surface area contributed by atoms with Gasteiger partial charge < -0.3 is 9.84 Å². The number of hydrogen-bond donors (Lipinski definition) is 1. The summed E-state index contributed by atoms with van der Waals surface area (Å²) in [5.41, 5.74) is 5.13. The number of allylic oxidation sites excluding steroid dienone is 1. The molecular weight excluding hydrogens is 460 g/mol. The minimum Gasteiger partial charge on any atom is -0.489 e. The molecule has 4 aliphatic rings. The summed E-state index contributed by atoms with van der Waals surface area (Å²) < 4.78 is 6.50. The first-order valence-corrected chi connectivity index (χ1v) is 13.6. The van der Waals surface area contributed by atoms with Crippen molar-refractivity contribution in [3.63, 3.8) is 0 Å². The predicted octanol–water partition coefficient (Wildman–Crippen LogP) is 7.07. The van der Waals surface area contributed by atoms with Crippen LogP contribution < -0.4 is 4.74 Å². The smallest absolute Gasteiger partial charge is 0.328 e.